The van der Waals surface area contributed by atoms with Gasteiger partial charge in [-0.1, -0.05) is 44.2 Å². The number of aromatic nitrogens is 1. The van der Waals surface area contributed by atoms with Gasteiger partial charge in [0.2, 0.25) is 0 Å². The smallest absolute Gasteiger partial charge is 0.190 e. The molecule has 6 heteroatoms. The van der Waals surface area contributed by atoms with Crippen LogP contribution in [0.25, 0.3) is 11.3 Å². The van der Waals surface area contributed by atoms with E-state index in [-0.39, 0.29) is 23.1 Å². The molecule has 0 radical (unpaired) electrons. The molecular weight excluding hydrogens is 428 g/mol. The predicted molar refractivity (Wildman–Crippen MR) is 133 cm³/mol. The van der Waals surface area contributed by atoms with E-state index in [1.165, 1.54) is 0 Å². The lowest BCUT2D eigenvalue weighted by atomic mass is 9.90. The highest BCUT2D eigenvalue weighted by molar-refractivity contribution is 5.91. The zero-order valence-corrected chi connectivity index (χ0v) is 20.2. The van der Waals surface area contributed by atoms with Gasteiger partial charge < -0.3 is 19.1 Å². The summed E-state index contributed by atoms with van der Waals surface area (Å²) in [7, 11) is 1.61. The van der Waals surface area contributed by atoms with Crippen molar-refractivity contribution in [2.75, 3.05) is 7.11 Å². The van der Waals surface area contributed by atoms with E-state index < -0.39 is 5.90 Å². The average molecular weight is 460 g/mol. The van der Waals surface area contributed by atoms with Crippen LogP contribution in [0.1, 0.15) is 56.3 Å². The number of pyridine rings is 1. The van der Waals surface area contributed by atoms with Crippen LogP contribution in [0.5, 0.6) is 11.5 Å². The van der Waals surface area contributed by atoms with Gasteiger partial charge in [-0.2, -0.15) is 0 Å². The molecule has 0 N–H and O–H groups in total. The van der Waals surface area contributed by atoms with Gasteiger partial charge in [0.05, 0.1) is 12.8 Å². The minimum Gasteiger partial charge on any atom is -0.858 e. The minimum absolute atomic E-state index is 0.116. The van der Waals surface area contributed by atoms with E-state index in [1.807, 2.05) is 60.9 Å². The molecule has 0 saturated carbocycles. The second-order valence-electron chi connectivity index (χ2n) is 8.74. The molecule has 0 aliphatic carbocycles. The summed E-state index contributed by atoms with van der Waals surface area (Å²) in [6.07, 6.45) is 4.06. The molecule has 1 aliphatic rings. The molecular formula is C28H31N2O4-. The molecule has 6 nitrogen and oxygen atoms in total. The van der Waals surface area contributed by atoms with Crippen molar-refractivity contribution in [1.29, 1.82) is 0 Å². The maximum atomic E-state index is 12.9. The van der Waals surface area contributed by atoms with Gasteiger partial charge in [0.15, 0.2) is 16.9 Å². The number of rotatable bonds is 8. The molecule has 2 heterocycles. The van der Waals surface area contributed by atoms with Gasteiger partial charge in [-0.05, 0) is 55.3 Å². The van der Waals surface area contributed by atoms with Crippen LogP contribution < -0.4 is 20.0 Å². The fourth-order valence-corrected chi connectivity index (χ4v) is 4.30. The van der Waals surface area contributed by atoms with Gasteiger partial charge in [0, 0.05) is 35.5 Å². The van der Waals surface area contributed by atoms with Crippen molar-refractivity contribution in [2.45, 2.75) is 58.7 Å². The number of hydrogen-bond donors (Lipinski definition) is 0. The van der Waals surface area contributed by atoms with Crippen molar-refractivity contribution >= 4 is 5.90 Å². The summed E-state index contributed by atoms with van der Waals surface area (Å²) in [6, 6.07) is 15.5. The second kappa shape index (κ2) is 10.2. The first-order valence-corrected chi connectivity index (χ1v) is 11.8. The average Bonchev–Trinajstić information content (AvgIpc) is 2.86. The van der Waals surface area contributed by atoms with Crippen molar-refractivity contribution in [3.05, 3.63) is 81.6 Å². The van der Waals surface area contributed by atoms with E-state index in [2.05, 4.69) is 11.9 Å². The summed E-state index contributed by atoms with van der Waals surface area (Å²) in [6.45, 7) is 6.40. The Balaban J connectivity index is 1.76. The van der Waals surface area contributed by atoms with E-state index in [0.717, 1.165) is 41.6 Å². The largest absolute Gasteiger partial charge is 0.858 e. The van der Waals surface area contributed by atoms with Crippen LogP contribution in [-0.2, 0) is 13.0 Å². The lowest BCUT2D eigenvalue weighted by molar-refractivity contribution is -0.213. The Hall–Kier alpha value is -3.54. The Morgan fingerprint density at radius 1 is 1.18 bits per heavy atom. The van der Waals surface area contributed by atoms with Crippen molar-refractivity contribution in [1.82, 2.24) is 4.57 Å². The topological polar surface area (TPSA) is 75.9 Å². The number of aliphatic imine (C=N–C) groups is 1. The van der Waals surface area contributed by atoms with Crippen LogP contribution >= 0.6 is 0 Å². The van der Waals surface area contributed by atoms with Gasteiger partial charge in [-0.25, -0.2) is 0 Å². The first kappa shape index (κ1) is 23.6. The van der Waals surface area contributed by atoms with E-state index in [0.29, 0.717) is 18.1 Å². The first-order valence-electron chi connectivity index (χ1n) is 11.8. The summed E-state index contributed by atoms with van der Waals surface area (Å²) in [4.78, 5) is 17.1. The third-order valence-electron chi connectivity index (χ3n) is 6.46. The van der Waals surface area contributed by atoms with E-state index >= 15 is 0 Å². The summed E-state index contributed by atoms with van der Waals surface area (Å²) < 4.78 is 13.8. The van der Waals surface area contributed by atoms with E-state index in [1.54, 1.807) is 19.4 Å². The Labute approximate surface area is 200 Å². The Bertz CT molecular complexity index is 1250. The molecule has 1 aromatic heterocycles. The lowest BCUT2D eigenvalue weighted by Gasteiger charge is -2.31. The molecule has 178 valence electrons. The van der Waals surface area contributed by atoms with Gasteiger partial charge in [-0.3, -0.25) is 9.79 Å². The van der Waals surface area contributed by atoms with Crippen LogP contribution in [-0.4, -0.2) is 23.6 Å². The SMILES string of the molecule is CCC(C)N=C([O-])c1cn2c(cc1=O)-c1cc(OC)c(OCc3ccccc3)cc1CC2CC. The zero-order chi connectivity index (χ0) is 24.2. The van der Waals surface area contributed by atoms with Crippen molar-refractivity contribution in [3.8, 4) is 22.8 Å². The summed E-state index contributed by atoms with van der Waals surface area (Å²) in [5.41, 5.74) is 3.69. The normalized spacial score (nSPS) is 15.9. The fraction of sp³-hybridized carbons (Fsp3) is 0.357. The van der Waals surface area contributed by atoms with Gasteiger partial charge in [0.25, 0.3) is 0 Å². The number of methoxy groups -OCH3 is 1. The maximum absolute atomic E-state index is 12.9. The van der Waals surface area contributed by atoms with Crippen LogP contribution in [0.2, 0.25) is 0 Å². The molecule has 0 amide bonds. The summed E-state index contributed by atoms with van der Waals surface area (Å²) in [5.74, 6) is 0.836. The lowest BCUT2D eigenvalue weighted by Crippen LogP contribution is -2.31. The molecule has 2 unspecified atom stereocenters. The van der Waals surface area contributed by atoms with Crippen molar-refractivity contribution in [2.24, 2.45) is 4.99 Å². The highest BCUT2D eigenvalue weighted by Gasteiger charge is 2.26. The molecule has 0 spiro atoms. The standard InChI is InChI=1S/C28H32N2O4/c1-5-18(3)29-28(32)23-16-30-21(6-2)12-20-13-27(34-17-19-10-8-7-9-11-19)26(33-4)14-22(20)24(30)15-25(23)31/h7-11,13-16,18,21H,5-6,12,17H2,1-4H3,(H,29,32)/p-1. The number of hydrogen-bond acceptors (Lipinski definition) is 5. The van der Waals surface area contributed by atoms with Gasteiger partial charge in [-0.15, -0.1) is 0 Å². The Kier molecular flexibility index (Phi) is 7.06. The Morgan fingerprint density at radius 2 is 1.94 bits per heavy atom. The van der Waals surface area contributed by atoms with Crippen molar-refractivity contribution in [3.63, 3.8) is 0 Å². The molecule has 0 saturated heterocycles. The molecule has 1 aliphatic heterocycles. The summed E-state index contributed by atoms with van der Waals surface area (Å²) >= 11 is 0. The molecule has 0 fully saturated rings. The maximum Gasteiger partial charge on any atom is 0.190 e. The van der Waals surface area contributed by atoms with Gasteiger partial charge in [0.1, 0.15) is 6.61 Å². The van der Waals surface area contributed by atoms with Crippen LogP contribution in [0.15, 0.2) is 64.5 Å². The second-order valence-corrected chi connectivity index (χ2v) is 8.74. The quantitative estimate of drug-likeness (QED) is 0.367. The molecule has 3 aromatic rings. The molecule has 2 atom stereocenters. The number of benzene rings is 2. The third kappa shape index (κ3) is 4.72. The van der Waals surface area contributed by atoms with Crippen LogP contribution in [0.4, 0.5) is 0 Å². The minimum atomic E-state index is -0.447. The predicted octanol–water partition coefficient (Wildman–Crippen LogP) is 4.52. The van der Waals surface area contributed by atoms with E-state index in [4.69, 9.17) is 9.47 Å². The number of nitrogens with zero attached hydrogens (tertiary/aromatic N) is 2. The number of ether oxygens (including phenoxy) is 2. The van der Waals surface area contributed by atoms with Crippen molar-refractivity contribution < 1.29 is 14.6 Å². The summed E-state index contributed by atoms with van der Waals surface area (Å²) in [5, 5.41) is 12.7. The zero-order valence-electron chi connectivity index (χ0n) is 20.2. The van der Waals surface area contributed by atoms with Crippen LogP contribution in [0, 0.1) is 0 Å². The van der Waals surface area contributed by atoms with Crippen LogP contribution in [0.3, 0.4) is 0 Å². The fourth-order valence-electron chi connectivity index (χ4n) is 4.30. The van der Waals surface area contributed by atoms with E-state index in [9.17, 15) is 9.90 Å². The first-order chi connectivity index (χ1) is 16.4. The molecule has 34 heavy (non-hydrogen) atoms. The molecule has 0 bridgehead atoms. The highest BCUT2D eigenvalue weighted by atomic mass is 16.5. The molecule has 4 rings (SSSR count). The highest BCUT2D eigenvalue weighted by Crippen LogP contribution is 2.41. The molecule has 2 aromatic carbocycles. The van der Waals surface area contributed by atoms with Gasteiger partial charge >= 0.3 is 0 Å². The Morgan fingerprint density at radius 3 is 2.62 bits per heavy atom. The monoisotopic (exact) mass is 459 g/mol. The number of fused-ring (bicyclic) bond motifs is 3. The third-order valence-corrected chi connectivity index (χ3v) is 6.46.